The Morgan fingerprint density at radius 2 is 1.75 bits per heavy atom. The largest absolute Gasteiger partial charge is 0.383 e. The van der Waals surface area contributed by atoms with E-state index in [2.05, 4.69) is 27.7 Å². The van der Waals surface area contributed by atoms with Crippen LogP contribution >= 0.6 is 0 Å². The van der Waals surface area contributed by atoms with Crippen LogP contribution < -0.4 is 10.6 Å². The van der Waals surface area contributed by atoms with Crippen molar-refractivity contribution in [3.05, 3.63) is 69.3 Å². The van der Waals surface area contributed by atoms with Crippen LogP contribution in [0.5, 0.6) is 0 Å². The van der Waals surface area contributed by atoms with Crippen LogP contribution in [0.15, 0.2) is 42.5 Å². The Morgan fingerprint density at radius 3 is 2.39 bits per heavy atom. The number of hydrogen-bond donors (Lipinski definition) is 2. The van der Waals surface area contributed by atoms with Crippen molar-refractivity contribution < 1.29 is 9.72 Å². The minimum absolute atomic E-state index is 0.114. The van der Waals surface area contributed by atoms with Gasteiger partial charge in [-0.2, -0.15) is 0 Å². The number of nitro groups is 1. The number of nitrogens with one attached hydrogen (secondary N) is 2. The molecular weight excluding hydrogens is 356 g/mol. The summed E-state index contributed by atoms with van der Waals surface area (Å²) in [4.78, 5) is 25.5. The lowest BCUT2D eigenvalue weighted by Crippen LogP contribution is -2.29. The third kappa shape index (κ3) is 5.07. The summed E-state index contributed by atoms with van der Waals surface area (Å²) in [5.41, 5.74) is 2.81. The minimum atomic E-state index is -0.496. The van der Waals surface area contributed by atoms with Crippen molar-refractivity contribution in [1.29, 1.82) is 0 Å². The lowest BCUT2D eigenvalue weighted by atomic mass is 10.1. The normalized spacial score (nSPS) is 14.5. The average Bonchev–Trinajstić information content (AvgIpc) is 2.73. The molecule has 2 aromatic carbocycles. The minimum Gasteiger partial charge on any atom is -0.383 e. The molecule has 1 saturated heterocycles. The van der Waals surface area contributed by atoms with Crippen molar-refractivity contribution in [2.24, 2.45) is 0 Å². The first-order chi connectivity index (χ1) is 13.6. The number of benzene rings is 2. The molecule has 0 saturated carbocycles. The summed E-state index contributed by atoms with van der Waals surface area (Å²) >= 11 is 0. The van der Waals surface area contributed by atoms with Gasteiger partial charge in [-0.25, -0.2) is 0 Å². The fourth-order valence-corrected chi connectivity index (χ4v) is 3.46. The molecule has 28 heavy (non-hydrogen) atoms. The van der Waals surface area contributed by atoms with Crippen LogP contribution in [0.25, 0.3) is 0 Å². The summed E-state index contributed by atoms with van der Waals surface area (Å²) < 4.78 is 0. The molecule has 3 rings (SSSR count). The Kier molecular flexibility index (Phi) is 6.60. The zero-order valence-corrected chi connectivity index (χ0v) is 16.1. The second-order valence-corrected chi connectivity index (χ2v) is 7.08. The number of carbonyl (C=O) groups is 1. The predicted molar refractivity (Wildman–Crippen MR) is 109 cm³/mol. The molecule has 0 aromatic heterocycles. The topological polar surface area (TPSA) is 87.5 Å². The molecule has 1 heterocycles. The first-order valence-corrected chi connectivity index (χ1v) is 9.61. The van der Waals surface area contributed by atoms with E-state index in [9.17, 15) is 14.9 Å². The summed E-state index contributed by atoms with van der Waals surface area (Å²) in [6.07, 6.45) is 3.88. The number of nitrogens with zero attached hydrogens (tertiary/aromatic N) is 2. The zero-order chi connectivity index (χ0) is 19.9. The molecule has 148 valence electrons. The molecule has 7 heteroatoms. The molecule has 1 fully saturated rings. The van der Waals surface area contributed by atoms with Gasteiger partial charge in [-0.3, -0.25) is 19.8 Å². The van der Waals surface area contributed by atoms with Crippen LogP contribution in [-0.2, 0) is 13.1 Å². The highest BCUT2D eigenvalue weighted by molar-refractivity contribution is 5.95. The van der Waals surface area contributed by atoms with E-state index in [1.807, 2.05) is 12.1 Å². The number of carbonyl (C=O) groups excluding carboxylic acids is 1. The first kappa shape index (κ1) is 19.8. The van der Waals surface area contributed by atoms with Gasteiger partial charge in [0.25, 0.3) is 11.6 Å². The monoisotopic (exact) mass is 382 g/mol. The summed E-state index contributed by atoms with van der Waals surface area (Å²) in [6, 6.07) is 12.7. The van der Waals surface area contributed by atoms with Crippen LogP contribution in [0.4, 0.5) is 11.4 Å². The fourth-order valence-electron chi connectivity index (χ4n) is 3.46. The molecule has 0 atom stereocenters. The number of nitro benzene ring substituents is 1. The van der Waals surface area contributed by atoms with Crippen molar-refractivity contribution in [2.45, 2.75) is 32.4 Å². The number of piperidine rings is 1. The lowest BCUT2D eigenvalue weighted by molar-refractivity contribution is -0.384. The average molecular weight is 382 g/mol. The number of anilines is 1. The smallest absolute Gasteiger partial charge is 0.293 e. The Bertz CT molecular complexity index is 830. The van der Waals surface area contributed by atoms with Gasteiger partial charge in [0.15, 0.2) is 0 Å². The fraction of sp³-hybridized carbons (Fsp3) is 0.381. The first-order valence-electron chi connectivity index (χ1n) is 9.61. The highest BCUT2D eigenvalue weighted by atomic mass is 16.6. The van der Waals surface area contributed by atoms with Crippen molar-refractivity contribution in [2.75, 3.05) is 25.5 Å². The molecule has 1 aliphatic rings. The molecule has 1 amide bonds. The van der Waals surface area contributed by atoms with Gasteiger partial charge >= 0.3 is 0 Å². The SMILES string of the molecule is CNc1ccc(C(=O)NCc2ccc(CN3CCCCC3)cc2)cc1[N+](=O)[O-]. The van der Waals surface area contributed by atoms with E-state index in [0.717, 1.165) is 25.2 Å². The summed E-state index contributed by atoms with van der Waals surface area (Å²) in [7, 11) is 1.61. The van der Waals surface area contributed by atoms with Crippen molar-refractivity contribution in [3.8, 4) is 0 Å². The lowest BCUT2D eigenvalue weighted by Gasteiger charge is -2.26. The van der Waals surface area contributed by atoms with Crippen molar-refractivity contribution in [1.82, 2.24) is 10.2 Å². The Balaban J connectivity index is 1.57. The van der Waals surface area contributed by atoms with E-state index in [1.54, 1.807) is 19.2 Å². The predicted octanol–water partition coefficient (Wildman–Crippen LogP) is 3.55. The third-order valence-electron chi connectivity index (χ3n) is 5.06. The summed E-state index contributed by atoms with van der Waals surface area (Å²) in [6.45, 7) is 3.67. The number of rotatable bonds is 7. The molecule has 2 N–H and O–H groups in total. The molecule has 0 unspecified atom stereocenters. The number of likely N-dealkylation sites (tertiary alicyclic amines) is 1. The Hall–Kier alpha value is -2.93. The van der Waals surface area contributed by atoms with E-state index in [4.69, 9.17) is 0 Å². The maximum Gasteiger partial charge on any atom is 0.293 e. The second kappa shape index (κ2) is 9.32. The number of hydrogen-bond acceptors (Lipinski definition) is 5. The second-order valence-electron chi connectivity index (χ2n) is 7.08. The molecule has 0 radical (unpaired) electrons. The molecule has 7 nitrogen and oxygen atoms in total. The zero-order valence-electron chi connectivity index (χ0n) is 16.1. The molecule has 1 aliphatic heterocycles. The van der Waals surface area contributed by atoms with Gasteiger partial charge in [0, 0.05) is 31.8 Å². The molecule has 0 aliphatic carbocycles. The van der Waals surface area contributed by atoms with Gasteiger partial charge in [0.2, 0.25) is 0 Å². The van der Waals surface area contributed by atoms with Crippen LogP contribution in [0, 0.1) is 10.1 Å². The van der Waals surface area contributed by atoms with Gasteiger partial charge in [0.05, 0.1) is 4.92 Å². The maximum absolute atomic E-state index is 12.4. The van der Waals surface area contributed by atoms with Crippen LogP contribution in [0.1, 0.15) is 40.7 Å². The van der Waals surface area contributed by atoms with E-state index in [0.29, 0.717) is 12.2 Å². The van der Waals surface area contributed by atoms with Crippen LogP contribution in [-0.4, -0.2) is 35.9 Å². The summed E-state index contributed by atoms with van der Waals surface area (Å²) in [5.74, 6) is -0.330. The van der Waals surface area contributed by atoms with Gasteiger partial charge in [0.1, 0.15) is 5.69 Å². The van der Waals surface area contributed by atoms with Gasteiger partial charge in [-0.05, 0) is 49.2 Å². The molecule has 0 bridgehead atoms. The van der Waals surface area contributed by atoms with Gasteiger partial charge in [-0.1, -0.05) is 30.7 Å². The van der Waals surface area contributed by atoms with E-state index < -0.39 is 4.92 Å². The van der Waals surface area contributed by atoms with Crippen molar-refractivity contribution in [3.63, 3.8) is 0 Å². The molecule has 2 aromatic rings. The third-order valence-corrected chi connectivity index (χ3v) is 5.06. The van der Waals surface area contributed by atoms with E-state index in [1.165, 1.54) is 30.9 Å². The highest BCUT2D eigenvalue weighted by Crippen LogP contribution is 2.25. The number of amides is 1. The molecular formula is C21H26N4O3. The van der Waals surface area contributed by atoms with Gasteiger partial charge < -0.3 is 10.6 Å². The Morgan fingerprint density at radius 1 is 1.07 bits per heavy atom. The standard InChI is InChI=1S/C21H26N4O3/c1-22-19-10-9-18(13-20(19)25(27)28)21(26)23-14-16-5-7-17(8-6-16)15-24-11-3-2-4-12-24/h5-10,13,22H,2-4,11-12,14-15H2,1H3,(H,23,26). The maximum atomic E-state index is 12.4. The summed E-state index contributed by atoms with van der Waals surface area (Å²) in [5, 5.41) is 16.7. The molecule has 0 spiro atoms. The van der Waals surface area contributed by atoms with Crippen LogP contribution in [0.3, 0.4) is 0 Å². The van der Waals surface area contributed by atoms with Crippen molar-refractivity contribution >= 4 is 17.3 Å². The van der Waals surface area contributed by atoms with E-state index >= 15 is 0 Å². The highest BCUT2D eigenvalue weighted by Gasteiger charge is 2.16. The Labute approximate surface area is 164 Å². The quantitative estimate of drug-likeness (QED) is 0.565. The van der Waals surface area contributed by atoms with Gasteiger partial charge in [-0.15, -0.1) is 0 Å². The van der Waals surface area contributed by atoms with E-state index in [-0.39, 0.29) is 17.2 Å². The van der Waals surface area contributed by atoms with Crippen LogP contribution in [0.2, 0.25) is 0 Å².